The standard InChI is InChI=1S/C13H25N3O3/c1-9(2)12(14)13(18)16-6-4-10(5-7-16)15-11(17)8-19-3/h9-10,12H,4-8,14H2,1-3H3,(H,15,17). The van der Waals surface area contributed by atoms with Crippen LogP contribution in [0.4, 0.5) is 0 Å². The number of likely N-dealkylation sites (tertiary alicyclic amines) is 1. The van der Waals surface area contributed by atoms with Crippen molar-refractivity contribution in [1.82, 2.24) is 10.2 Å². The highest BCUT2D eigenvalue weighted by Gasteiger charge is 2.28. The summed E-state index contributed by atoms with van der Waals surface area (Å²) in [5.41, 5.74) is 5.87. The molecule has 1 heterocycles. The van der Waals surface area contributed by atoms with E-state index in [9.17, 15) is 9.59 Å². The van der Waals surface area contributed by atoms with Crippen molar-refractivity contribution < 1.29 is 14.3 Å². The van der Waals surface area contributed by atoms with E-state index in [1.54, 1.807) is 4.90 Å². The van der Waals surface area contributed by atoms with Gasteiger partial charge in [-0.25, -0.2) is 0 Å². The van der Waals surface area contributed by atoms with Crippen LogP contribution in [-0.2, 0) is 14.3 Å². The van der Waals surface area contributed by atoms with Crippen LogP contribution < -0.4 is 11.1 Å². The van der Waals surface area contributed by atoms with E-state index in [0.29, 0.717) is 13.1 Å². The zero-order chi connectivity index (χ0) is 14.4. The van der Waals surface area contributed by atoms with E-state index in [4.69, 9.17) is 10.5 Å². The molecule has 3 N–H and O–H groups in total. The number of nitrogens with zero attached hydrogens (tertiary/aromatic N) is 1. The van der Waals surface area contributed by atoms with E-state index < -0.39 is 6.04 Å². The van der Waals surface area contributed by atoms with Gasteiger partial charge in [-0.15, -0.1) is 0 Å². The Morgan fingerprint density at radius 1 is 1.37 bits per heavy atom. The zero-order valence-electron chi connectivity index (χ0n) is 12.0. The molecule has 6 heteroatoms. The topological polar surface area (TPSA) is 84.7 Å². The number of carbonyl (C=O) groups excluding carboxylic acids is 2. The van der Waals surface area contributed by atoms with Crippen LogP contribution in [0.2, 0.25) is 0 Å². The van der Waals surface area contributed by atoms with Gasteiger partial charge in [0.05, 0.1) is 6.04 Å². The minimum absolute atomic E-state index is 0.0108. The van der Waals surface area contributed by atoms with Crippen LogP contribution in [0.3, 0.4) is 0 Å². The molecule has 110 valence electrons. The number of carbonyl (C=O) groups is 2. The van der Waals surface area contributed by atoms with Crippen LogP contribution >= 0.6 is 0 Å². The summed E-state index contributed by atoms with van der Waals surface area (Å²) in [5, 5.41) is 2.90. The van der Waals surface area contributed by atoms with Gasteiger partial charge in [0.2, 0.25) is 11.8 Å². The predicted octanol–water partition coefficient (Wildman–Crippen LogP) is -0.277. The quantitative estimate of drug-likeness (QED) is 0.720. The molecule has 0 radical (unpaired) electrons. The number of nitrogens with two attached hydrogens (primary N) is 1. The molecule has 1 saturated heterocycles. The molecule has 1 rings (SSSR count). The summed E-state index contributed by atoms with van der Waals surface area (Å²) < 4.78 is 4.77. The molecular weight excluding hydrogens is 246 g/mol. The van der Waals surface area contributed by atoms with Gasteiger partial charge in [0.25, 0.3) is 0 Å². The van der Waals surface area contributed by atoms with Crippen molar-refractivity contribution in [2.45, 2.75) is 38.8 Å². The summed E-state index contributed by atoms with van der Waals surface area (Å²) in [7, 11) is 1.49. The van der Waals surface area contributed by atoms with Gasteiger partial charge < -0.3 is 20.7 Å². The highest BCUT2D eigenvalue weighted by atomic mass is 16.5. The van der Waals surface area contributed by atoms with Crippen molar-refractivity contribution in [3.63, 3.8) is 0 Å². The maximum Gasteiger partial charge on any atom is 0.246 e. The zero-order valence-corrected chi connectivity index (χ0v) is 12.0. The molecule has 6 nitrogen and oxygen atoms in total. The van der Waals surface area contributed by atoms with Gasteiger partial charge in [0.15, 0.2) is 0 Å². The number of piperidine rings is 1. The van der Waals surface area contributed by atoms with Crippen molar-refractivity contribution in [3.8, 4) is 0 Å². The highest BCUT2D eigenvalue weighted by molar-refractivity contribution is 5.82. The van der Waals surface area contributed by atoms with Crippen molar-refractivity contribution >= 4 is 11.8 Å². The maximum absolute atomic E-state index is 12.1. The molecule has 0 aromatic rings. The van der Waals surface area contributed by atoms with Crippen molar-refractivity contribution in [3.05, 3.63) is 0 Å². The second-order valence-electron chi connectivity index (χ2n) is 5.37. The van der Waals surface area contributed by atoms with Gasteiger partial charge in [-0.1, -0.05) is 13.8 Å². The largest absolute Gasteiger partial charge is 0.375 e. The molecule has 2 amide bonds. The monoisotopic (exact) mass is 271 g/mol. The maximum atomic E-state index is 12.1. The van der Waals surface area contributed by atoms with Crippen LogP contribution in [0.1, 0.15) is 26.7 Å². The summed E-state index contributed by atoms with van der Waals surface area (Å²) in [6.45, 7) is 5.27. The first-order valence-electron chi connectivity index (χ1n) is 6.78. The normalized spacial score (nSPS) is 18.5. The number of ether oxygens (including phenoxy) is 1. The minimum Gasteiger partial charge on any atom is -0.375 e. The summed E-state index contributed by atoms with van der Waals surface area (Å²) in [6.07, 6.45) is 1.54. The fourth-order valence-corrected chi connectivity index (χ4v) is 2.14. The van der Waals surface area contributed by atoms with Gasteiger partial charge in [0, 0.05) is 26.2 Å². The highest BCUT2D eigenvalue weighted by Crippen LogP contribution is 2.13. The minimum atomic E-state index is -0.431. The third-order valence-corrected chi connectivity index (χ3v) is 3.45. The Hall–Kier alpha value is -1.14. The number of nitrogens with one attached hydrogen (secondary N) is 1. The van der Waals surface area contributed by atoms with Crippen molar-refractivity contribution in [2.75, 3.05) is 26.8 Å². The third-order valence-electron chi connectivity index (χ3n) is 3.45. The molecule has 1 atom stereocenters. The van der Waals surface area contributed by atoms with Crippen LogP contribution in [0, 0.1) is 5.92 Å². The molecule has 1 aliphatic heterocycles. The molecule has 0 aromatic carbocycles. The van der Waals surface area contributed by atoms with E-state index in [0.717, 1.165) is 12.8 Å². The Labute approximate surface area is 114 Å². The van der Waals surface area contributed by atoms with Crippen LogP contribution in [0.5, 0.6) is 0 Å². The molecule has 0 saturated carbocycles. The first-order chi connectivity index (χ1) is 8.95. The molecule has 0 spiro atoms. The summed E-state index contributed by atoms with van der Waals surface area (Å²) in [4.78, 5) is 25.2. The van der Waals surface area contributed by atoms with Gasteiger partial charge in [-0.2, -0.15) is 0 Å². The number of hydrogen-bond donors (Lipinski definition) is 2. The van der Waals surface area contributed by atoms with Gasteiger partial charge >= 0.3 is 0 Å². The Bertz CT molecular complexity index is 312. The second-order valence-corrected chi connectivity index (χ2v) is 5.37. The molecule has 0 bridgehead atoms. The van der Waals surface area contributed by atoms with Crippen LogP contribution in [-0.4, -0.2) is 55.6 Å². The Kier molecular flexibility index (Phi) is 6.24. The Morgan fingerprint density at radius 3 is 2.42 bits per heavy atom. The fraction of sp³-hybridized carbons (Fsp3) is 0.846. The van der Waals surface area contributed by atoms with Gasteiger partial charge in [0.1, 0.15) is 6.61 Å². The van der Waals surface area contributed by atoms with Crippen LogP contribution in [0.25, 0.3) is 0 Å². The molecule has 1 aliphatic rings. The van der Waals surface area contributed by atoms with Crippen molar-refractivity contribution in [1.29, 1.82) is 0 Å². The molecule has 19 heavy (non-hydrogen) atoms. The molecule has 1 unspecified atom stereocenters. The molecule has 0 aromatic heterocycles. The molecule has 1 fully saturated rings. The second kappa shape index (κ2) is 7.45. The average molecular weight is 271 g/mol. The number of hydrogen-bond acceptors (Lipinski definition) is 4. The molecular formula is C13H25N3O3. The smallest absolute Gasteiger partial charge is 0.246 e. The lowest BCUT2D eigenvalue weighted by Crippen LogP contribution is -2.52. The van der Waals surface area contributed by atoms with E-state index in [2.05, 4.69) is 5.32 Å². The lowest BCUT2D eigenvalue weighted by Gasteiger charge is -2.34. The average Bonchev–Trinajstić information content (AvgIpc) is 2.38. The van der Waals surface area contributed by atoms with E-state index in [1.165, 1.54) is 7.11 Å². The third kappa shape index (κ3) is 4.80. The fourth-order valence-electron chi connectivity index (χ4n) is 2.14. The lowest BCUT2D eigenvalue weighted by molar-refractivity contribution is -0.134. The van der Waals surface area contributed by atoms with Crippen molar-refractivity contribution in [2.24, 2.45) is 11.7 Å². The Morgan fingerprint density at radius 2 is 1.95 bits per heavy atom. The number of rotatable bonds is 5. The number of amides is 2. The van der Waals surface area contributed by atoms with E-state index >= 15 is 0 Å². The summed E-state index contributed by atoms with van der Waals surface area (Å²) >= 11 is 0. The Balaban J connectivity index is 2.36. The number of methoxy groups -OCH3 is 1. The van der Waals surface area contributed by atoms with Gasteiger partial charge in [-0.3, -0.25) is 9.59 Å². The summed E-state index contributed by atoms with van der Waals surface area (Å²) in [6, 6.07) is -0.304. The predicted molar refractivity (Wildman–Crippen MR) is 72.4 cm³/mol. The SMILES string of the molecule is COCC(=O)NC1CCN(C(=O)C(N)C(C)C)CC1. The first-order valence-corrected chi connectivity index (χ1v) is 6.78. The molecule has 0 aliphatic carbocycles. The lowest BCUT2D eigenvalue weighted by atomic mass is 10.0. The van der Waals surface area contributed by atoms with E-state index in [1.807, 2.05) is 13.8 Å². The van der Waals surface area contributed by atoms with Crippen LogP contribution in [0.15, 0.2) is 0 Å². The first kappa shape index (κ1) is 15.9. The van der Waals surface area contributed by atoms with E-state index in [-0.39, 0.29) is 30.4 Å². The summed E-state index contributed by atoms with van der Waals surface area (Å²) in [5.74, 6) is 0.0504. The van der Waals surface area contributed by atoms with Gasteiger partial charge in [-0.05, 0) is 18.8 Å².